The summed E-state index contributed by atoms with van der Waals surface area (Å²) < 4.78 is 40.8. The molecule has 4 aliphatic rings. The minimum Gasteiger partial charge on any atom is -0.497 e. The first-order chi connectivity index (χ1) is 19.8. The summed E-state index contributed by atoms with van der Waals surface area (Å²) in [7, 11) is -2.52. The van der Waals surface area contributed by atoms with Crippen molar-refractivity contribution in [3.8, 4) is 22.6 Å². The molecular weight excluding hydrogens is 542 g/mol. The molecule has 2 atom stereocenters. The van der Waals surface area contributed by atoms with Crippen LogP contribution in [0.4, 0.5) is 0 Å². The number of ether oxygens (including phenoxy) is 2. The summed E-state index contributed by atoms with van der Waals surface area (Å²) in [6.45, 7) is 3.05. The molecule has 1 amide bonds. The van der Waals surface area contributed by atoms with Gasteiger partial charge in [0.25, 0.3) is 0 Å². The fourth-order valence-corrected chi connectivity index (χ4v) is 8.84. The van der Waals surface area contributed by atoms with Crippen molar-refractivity contribution in [3.63, 3.8) is 0 Å². The molecule has 3 aliphatic heterocycles. The van der Waals surface area contributed by atoms with Gasteiger partial charge in [-0.25, -0.2) is 8.42 Å². The number of nitrogens with one attached hydrogen (secondary N) is 1. The first-order valence-electron chi connectivity index (χ1n) is 14.9. The Labute approximate surface area is 242 Å². The largest absolute Gasteiger partial charge is 0.497 e. The number of aliphatic hydroxyl groups is 1. The number of likely N-dealkylation sites (tertiary alicyclic amines) is 1. The fourth-order valence-electron chi connectivity index (χ4n) is 7.09. The third-order valence-corrected chi connectivity index (χ3v) is 11.4. The number of carbonyl (C=O) groups excluding carboxylic acids is 1. The van der Waals surface area contributed by atoms with Crippen LogP contribution in [0.15, 0.2) is 47.4 Å². The molecule has 3 heterocycles. The highest BCUT2D eigenvalue weighted by Crippen LogP contribution is 2.38. The molecule has 2 saturated heterocycles. The van der Waals surface area contributed by atoms with Crippen LogP contribution in [-0.4, -0.2) is 86.2 Å². The summed E-state index contributed by atoms with van der Waals surface area (Å²) in [5, 5.41) is 13.8. The number of piperidine rings is 1. The molecule has 41 heavy (non-hydrogen) atoms. The first-order valence-corrected chi connectivity index (χ1v) is 16.4. The van der Waals surface area contributed by atoms with Crippen molar-refractivity contribution < 1.29 is 27.8 Å². The van der Waals surface area contributed by atoms with Crippen molar-refractivity contribution in [1.29, 1.82) is 0 Å². The van der Waals surface area contributed by atoms with Gasteiger partial charge in [-0.2, -0.15) is 4.31 Å². The molecule has 0 unspecified atom stereocenters. The Bertz CT molecular complexity index is 1370. The molecule has 0 radical (unpaired) electrons. The Morgan fingerprint density at radius 2 is 1.83 bits per heavy atom. The van der Waals surface area contributed by atoms with Crippen LogP contribution in [0.25, 0.3) is 11.1 Å². The van der Waals surface area contributed by atoms with Gasteiger partial charge >= 0.3 is 0 Å². The number of aliphatic hydroxyl groups excluding tert-OH is 1. The maximum absolute atomic E-state index is 14.0. The van der Waals surface area contributed by atoms with E-state index >= 15 is 0 Å². The number of nitrogens with zero attached hydrogens (tertiary/aromatic N) is 2. The van der Waals surface area contributed by atoms with Gasteiger partial charge in [-0.3, -0.25) is 4.79 Å². The standard InChI is InChI=1S/C31H41N3O6S/c1-39-26-8-4-7-23(17-26)24-9-10-29-28(18-24)40-16-13-31(11-14-33(15-12-31)20-22-5-2-3-6-22)32-30(36)27-19-25(35)21-34(27)41(29,37)38/h4,7-10,17-18,22,25,27,35H,2-3,5-6,11-16,19-21H2,1H3,(H,32,36)/t25-,27+/m1/s1. The van der Waals surface area contributed by atoms with Gasteiger partial charge in [-0.05, 0) is 67.0 Å². The SMILES string of the molecule is COc1cccc(-c2ccc3c(c2)OCCC2(CCN(CC4CCCC4)CC2)NC(=O)[C@@H]2C[C@@H](O)CN2S3(=O)=O)c1. The molecular formula is C31H41N3O6S. The second-order valence-electron chi connectivity index (χ2n) is 12.2. The summed E-state index contributed by atoms with van der Waals surface area (Å²) in [5.41, 5.74) is 1.19. The van der Waals surface area contributed by atoms with Crippen LogP contribution in [0.3, 0.4) is 0 Å². The van der Waals surface area contributed by atoms with Gasteiger partial charge in [0.2, 0.25) is 15.9 Å². The highest BCUT2D eigenvalue weighted by molar-refractivity contribution is 7.89. The maximum Gasteiger partial charge on any atom is 0.247 e. The molecule has 1 saturated carbocycles. The second kappa shape index (κ2) is 11.6. The van der Waals surface area contributed by atoms with Crippen LogP contribution < -0.4 is 14.8 Å². The van der Waals surface area contributed by atoms with Crippen molar-refractivity contribution in [2.24, 2.45) is 5.92 Å². The van der Waals surface area contributed by atoms with E-state index in [2.05, 4.69) is 10.2 Å². The smallest absolute Gasteiger partial charge is 0.247 e. The number of rotatable bonds is 4. The average Bonchev–Trinajstić information content (AvgIpc) is 3.64. The lowest BCUT2D eigenvalue weighted by Gasteiger charge is -2.43. The molecule has 9 nitrogen and oxygen atoms in total. The molecule has 2 N–H and O–H groups in total. The summed E-state index contributed by atoms with van der Waals surface area (Å²) in [6, 6.07) is 11.7. The molecule has 1 aliphatic carbocycles. The van der Waals surface area contributed by atoms with E-state index in [1.807, 2.05) is 24.3 Å². The van der Waals surface area contributed by atoms with Gasteiger partial charge in [0.05, 0.1) is 19.8 Å². The number of fused-ring (bicyclic) bond motifs is 2. The Balaban J connectivity index is 1.31. The summed E-state index contributed by atoms with van der Waals surface area (Å²) >= 11 is 0. The first kappa shape index (κ1) is 28.5. The van der Waals surface area contributed by atoms with Crippen molar-refractivity contribution in [2.75, 3.05) is 39.9 Å². The zero-order chi connectivity index (χ0) is 28.6. The van der Waals surface area contributed by atoms with Crippen LogP contribution in [0.5, 0.6) is 11.5 Å². The predicted molar refractivity (Wildman–Crippen MR) is 155 cm³/mol. The molecule has 2 aromatic rings. The Hall–Kier alpha value is -2.66. The molecule has 3 fully saturated rings. The van der Waals surface area contributed by atoms with Crippen LogP contribution >= 0.6 is 0 Å². The van der Waals surface area contributed by atoms with E-state index in [1.165, 1.54) is 25.7 Å². The molecule has 0 aromatic heterocycles. The summed E-state index contributed by atoms with van der Waals surface area (Å²) in [6.07, 6.45) is 6.57. The van der Waals surface area contributed by atoms with Crippen molar-refractivity contribution >= 4 is 15.9 Å². The third-order valence-electron chi connectivity index (χ3n) is 9.50. The predicted octanol–water partition coefficient (Wildman–Crippen LogP) is 3.41. The van der Waals surface area contributed by atoms with E-state index in [0.717, 1.165) is 53.8 Å². The van der Waals surface area contributed by atoms with Gasteiger partial charge in [0, 0.05) is 44.6 Å². The molecule has 2 aromatic carbocycles. The summed E-state index contributed by atoms with van der Waals surface area (Å²) in [5.74, 6) is 1.40. The van der Waals surface area contributed by atoms with E-state index in [0.29, 0.717) is 12.2 Å². The Morgan fingerprint density at radius 3 is 2.59 bits per heavy atom. The number of hydrogen-bond acceptors (Lipinski definition) is 7. The van der Waals surface area contributed by atoms with E-state index in [9.17, 15) is 18.3 Å². The highest BCUT2D eigenvalue weighted by atomic mass is 32.2. The van der Waals surface area contributed by atoms with Gasteiger partial charge in [0.1, 0.15) is 22.4 Å². The van der Waals surface area contributed by atoms with Crippen molar-refractivity contribution in [1.82, 2.24) is 14.5 Å². The molecule has 10 heteroatoms. The van der Waals surface area contributed by atoms with E-state index < -0.39 is 27.7 Å². The third kappa shape index (κ3) is 5.84. The lowest BCUT2D eigenvalue weighted by atomic mass is 9.83. The molecule has 6 rings (SSSR count). The average molecular weight is 584 g/mol. The minimum atomic E-state index is -4.12. The maximum atomic E-state index is 14.0. The lowest BCUT2D eigenvalue weighted by molar-refractivity contribution is -0.127. The van der Waals surface area contributed by atoms with Crippen LogP contribution in [0.2, 0.25) is 0 Å². The topological polar surface area (TPSA) is 108 Å². The summed E-state index contributed by atoms with van der Waals surface area (Å²) in [4.78, 5) is 16.2. The number of methoxy groups -OCH3 is 1. The number of hydrogen-bond donors (Lipinski definition) is 2. The quantitative estimate of drug-likeness (QED) is 0.568. The highest BCUT2D eigenvalue weighted by Gasteiger charge is 2.47. The van der Waals surface area contributed by atoms with Crippen LogP contribution in [0.1, 0.15) is 51.4 Å². The molecule has 0 bridgehead atoms. The Morgan fingerprint density at radius 1 is 1.07 bits per heavy atom. The number of amides is 1. The number of benzene rings is 2. The lowest BCUT2D eigenvalue weighted by Crippen LogP contribution is -2.59. The zero-order valence-electron chi connectivity index (χ0n) is 23.8. The number of sulfonamides is 1. The minimum absolute atomic E-state index is 0.0124. The van der Waals surface area contributed by atoms with Crippen LogP contribution in [-0.2, 0) is 14.8 Å². The normalized spacial score (nSPS) is 26.9. The van der Waals surface area contributed by atoms with E-state index in [4.69, 9.17) is 9.47 Å². The molecule has 1 spiro atoms. The van der Waals surface area contributed by atoms with Gasteiger partial charge in [0.15, 0.2) is 0 Å². The fraction of sp³-hybridized carbons (Fsp3) is 0.581. The number of carbonyl (C=O) groups is 1. The van der Waals surface area contributed by atoms with E-state index in [1.54, 1.807) is 25.3 Å². The second-order valence-corrected chi connectivity index (χ2v) is 14.1. The van der Waals surface area contributed by atoms with Crippen molar-refractivity contribution in [3.05, 3.63) is 42.5 Å². The van der Waals surface area contributed by atoms with Gasteiger partial charge in [-0.15, -0.1) is 0 Å². The van der Waals surface area contributed by atoms with Crippen molar-refractivity contribution in [2.45, 2.75) is 73.9 Å². The van der Waals surface area contributed by atoms with Gasteiger partial charge < -0.3 is 24.8 Å². The Kier molecular flexibility index (Phi) is 8.02. The monoisotopic (exact) mass is 583 g/mol. The van der Waals surface area contributed by atoms with Crippen LogP contribution in [0, 0.1) is 5.92 Å². The van der Waals surface area contributed by atoms with E-state index in [-0.39, 0.29) is 36.1 Å². The molecule has 222 valence electrons. The van der Waals surface area contributed by atoms with Gasteiger partial charge in [-0.1, -0.05) is 31.0 Å². The zero-order valence-corrected chi connectivity index (χ0v) is 24.6.